The van der Waals surface area contributed by atoms with Gasteiger partial charge in [0, 0.05) is 10.8 Å². The second-order valence-corrected chi connectivity index (χ2v) is 8.97. The first kappa shape index (κ1) is 23.0. The van der Waals surface area contributed by atoms with Gasteiger partial charge in [-0.3, -0.25) is 0 Å². The molecule has 6 nitrogen and oxygen atoms in total. The van der Waals surface area contributed by atoms with E-state index in [2.05, 4.69) is 9.97 Å². The van der Waals surface area contributed by atoms with Crippen molar-refractivity contribution in [3.05, 3.63) is 44.2 Å². The van der Waals surface area contributed by atoms with E-state index in [1.54, 1.807) is 0 Å². The summed E-state index contributed by atoms with van der Waals surface area (Å²) in [4.78, 5) is 7.86. The Bertz CT molecular complexity index is 1980. The van der Waals surface area contributed by atoms with Gasteiger partial charge in [0.05, 0.1) is 31.2 Å². The third kappa shape index (κ3) is 2.80. The molecule has 0 aliphatic carbocycles. The number of hydrogen-bond donors (Lipinski definition) is 0. The van der Waals surface area contributed by atoms with Crippen LogP contribution in [0.3, 0.4) is 0 Å². The number of fused-ring (bicyclic) bond motifs is 7. The van der Waals surface area contributed by atoms with E-state index < -0.39 is 88.0 Å². The first-order valence-electron chi connectivity index (χ1n) is 9.24. The lowest BCUT2D eigenvalue weighted by molar-refractivity contribution is 0.493. The number of halogens is 6. The molecule has 5 rings (SSSR count). The van der Waals surface area contributed by atoms with E-state index in [0.717, 1.165) is 0 Å². The van der Waals surface area contributed by atoms with Gasteiger partial charge in [-0.05, 0) is 0 Å². The Morgan fingerprint density at radius 2 is 0.806 bits per heavy atom. The van der Waals surface area contributed by atoms with Crippen molar-refractivity contribution in [2.75, 3.05) is 0 Å². The molecule has 0 aliphatic rings. The maximum absolute atomic E-state index is 15.1. The number of thiazole rings is 2. The van der Waals surface area contributed by atoms with Gasteiger partial charge >= 0.3 is 0 Å². The van der Waals surface area contributed by atoms with E-state index in [1.807, 2.05) is 0 Å². The van der Waals surface area contributed by atoms with Crippen LogP contribution < -0.4 is 9.33 Å². The summed E-state index contributed by atoms with van der Waals surface area (Å²) in [6.07, 6.45) is 0. The molecule has 172 valence electrons. The zero-order chi connectivity index (χ0) is 26.0. The number of aromatic nitrogens is 2. The molecular weight excluding hydrogens is 526 g/mol. The summed E-state index contributed by atoms with van der Waals surface area (Å²) in [6.45, 7) is 0. The maximum atomic E-state index is 15.1. The highest BCUT2D eigenvalue weighted by molar-refractivity contribution is 7.17. The fraction of sp³-hybridized carbons (Fsp3) is 0. The van der Waals surface area contributed by atoms with Gasteiger partial charge < -0.3 is 0 Å². The molecule has 0 aliphatic heterocycles. The molecule has 0 unspecified atom stereocenters. The van der Waals surface area contributed by atoms with Gasteiger partial charge in [-0.15, -0.1) is 22.7 Å². The topological polar surface area (TPSA) is 121 Å². The Morgan fingerprint density at radius 1 is 0.500 bits per heavy atom. The third-order valence-electron chi connectivity index (χ3n) is 5.21. The van der Waals surface area contributed by atoms with Crippen molar-refractivity contribution in [1.82, 2.24) is 9.97 Å². The molecule has 0 atom stereocenters. The molecule has 0 fully saturated rings. The summed E-state index contributed by atoms with van der Waals surface area (Å²) in [7, 11) is 0. The quantitative estimate of drug-likeness (QED) is 0.217. The van der Waals surface area contributed by atoms with E-state index >= 15 is 17.6 Å². The largest absolute Gasteiger partial charge is 0.234 e. The molecule has 3 aromatic carbocycles. The monoisotopic (exact) mass is 526 g/mol. The second kappa shape index (κ2) is 7.89. The highest BCUT2D eigenvalue weighted by Gasteiger charge is 2.31. The van der Waals surface area contributed by atoms with Crippen LogP contribution in [-0.2, 0) is 0 Å². The van der Waals surface area contributed by atoms with Crippen molar-refractivity contribution < 1.29 is 26.3 Å². The predicted octanol–water partition coefficient (Wildman–Crippen LogP) is 4.44. The fourth-order valence-electron chi connectivity index (χ4n) is 3.73. The highest BCUT2D eigenvalue weighted by Crippen LogP contribution is 2.43. The van der Waals surface area contributed by atoms with Gasteiger partial charge in [-0.25, -0.2) is 36.3 Å². The van der Waals surface area contributed by atoms with Gasteiger partial charge in [0.15, 0.2) is 46.0 Å². The van der Waals surface area contributed by atoms with Crippen LogP contribution in [0.4, 0.5) is 26.3 Å². The highest BCUT2D eigenvalue weighted by atomic mass is 32.1. The average Bonchev–Trinajstić information content (AvgIpc) is 3.50. The average molecular weight is 526 g/mol. The van der Waals surface area contributed by atoms with Gasteiger partial charge in [-0.1, -0.05) is 0 Å². The van der Waals surface area contributed by atoms with Crippen LogP contribution in [0.1, 0.15) is 0 Å². The fourth-order valence-corrected chi connectivity index (χ4v) is 5.62. The Kier molecular flexibility index (Phi) is 5.04. The third-order valence-corrected chi connectivity index (χ3v) is 7.34. The van der Waals surface area contributed by atoms with Crippen LogP contribution in [0.5, 0.6) is 0 Å². The Labute approximate surface area is 201 Å². The van der Waals surface area contributed by atoms with Crippen LogP contribution in [0.15, 0.2) is 0 Å². The van der Waals surface area contributed by atoms with E-state index in [9.17, 15) is 8.78 Å². The molecule has 14 heteroatoms. The van der Waals surface area contributed by atoms with Crippen LogP contribution in [-0.4, -0.2) is 9.97 Å². The standard InChI is InChI=1S/C22F6N6S2/c23-11-9-7(17-19(15(27)13(9)25)35-21(33-17)5(1-29)2-30)8-10(12(11)24)14(26)16(28)20-18(8)34-22(36-20)6(3-31)4-32. The van der Waals surface area contributed by atoms with Crippen molar-refractivity contribution in [2.24, 2.45) is 0 Å². The molecule has 0 saturated carbocycles. The van der Waals surface area contributed by atoms with Crippen LogP contribution in [0, 0.1) is 80.2 Å². The van der Waals surface area contributed by atoms with Gasteiger partial charge in [-0.2, -0.15) is 21.0 Å². The van der Waals surface area contributed by atoms with Gasteiger partial charge in [0.1, 0.15) is 33.6 Å². The zero-order valence-corrected chi connectivity index (χ0v) is 18.4. The lowest BCUT2D eigenvalue weighted by Crippen LogP contribution is -2.03. The first-order chi connectivity index (χ1) is 17.2. The van der Waals surface area contributed by atoms with Crippen LogP contribution in [0.2, 0.25) is 0 Å². The smallest absolute Gasteiger partial charge is 0.179 e. The summed E-state index contributed by atoms with van der Waals surface area (Å²) in [5.74, 6) is -11.2. The van der Waals surface area contributed by atoms with Crippen molar-refractivity contribution >= 4 is 75.8 Å². The number of rotatable bonds is 0. The summed E-state index contributed by atoms with van der Waals surface area (Å²) < 4.78 is 88.0. The van der Waals surface area contributed by atoms with Crippen LogP contribution in [0.25, 0.3) is 53.1 Å². The second-order valence-electron chi connectivity index (χ2n) is 6.97. The molecule has 0 N–H and O–H groups in total. The maximum Gasteiger partial charge on any atom is 0.179 e. The van der Waals surface area contributed by atoms with E-state index in [1.165, 1.54) is 24.3 Å². The molecule has 5 aromatic rings. The minimum Gasteiger partial charge on any atom is -0.234 e. The number of hydrogen-bond acceptors (Lipinski definition) is 8. The molecule has 2 aromatic heterocycles. The number of nitriles is 4. The number of benzene rings is 3. The van der Waals surface area contributed by atoms with Crippen molar-refractivity contribution in [3.8, 4) is 24.3 Å². The molecule has 0 bridgehead atoms. The summed E-state index contributed by atoms with van der Waals surface area (Å²) >= 11 is 0.717. The molecule has 0 amide bonds. The SMILES string of the molecule is N#CC(C#N)=c1nc2c(s1)c(F)c(F)c1c(F)c(F)c3c(F)c(F)c4sc(=C(C#N)C#N)nc4c3c12. The lowest BCUT2D eigenvalue weighted by atomic mass is 9.97. The van der Waals surface area contributed by atoms with E-state index in [-0.39, 0.29) is 9.33 Å². The Morgan fingerprint density at radius 3 is 1.11 bits per heavy atom. The van der Waals surface area contributed by atoms with Gasteiger partial charge in [0.2, 0.25) is 0 Å². The lowest BCUT2D eigenvalue weighted by Gasteiger charge is -2.12. The van der Waals surface area contributed by atoms with Crippen molar-refractivity contribution in [3.63, 3.8) is 0 Å². The summed E-state index contributed by atoms with van der Waals surface area (Å²) in [6, 6.07) is 6.05. The van der Waals surface area contributed by atoms with Crippen molar-refractivity contribution in [1.29, 1.82) is 21.0 Å². The Hall–Kier alpha value is -4.76. The Balaban J connectivity index is 2.27. The summed E-state index contributed by atoms with van der Waals surface area (Å²) in [5.41, 5.74) is -2.34. The van der Waals surface area contributed by atoms with Crippen LogP contribution >= 0.6 is 22.7 Å². The summed E-state index contributed by atoms with van der Waals surface area (Å²) in [5, 5.41) is 32.5. The predicted molar refractivity (Wildman–Crippen MR) is 116 cm³/mol. The molecule has 2 heterocycles. The first-order valence-corrected chi connectivity index (χ1v) is 10.9. The minimum atomic E-state index is -2.04. The molecule has 0 radical (unpaired) electrons. The minimum absolute atomic E-state index is 0.359. The zero-order valence-electron chi connectivity index (χ0n) is 16.8. The molecule has 0 saturated heterocycles. The number of nitrogens with zero attached hydrogens (tertiary/aromatic N) is 6. The molecule has 36 heavy (non-hydrogen) atoms. The normalized spacial score (nSPS) is 10.9. The van der Waals surface area contributed by atoms with Gasteiger partial charge in [0.25, 0.3) is 0 Å². The van der Waals surface area contributed by atoms with E-state index in [0.29, 0.717) is 22.7 Å². The molecular formula is C22F6N6S2. The molecule has 0 spiro atoms. The van der Waals surface area contributed by atoms with Crippen molar-refractivity contribution in [2.45, 2.75) is 0 Å². The van der Waals surface area contributed by atoms with E-state index in [4.69, 9.17) is 21.0 Å².